The fourth-order valence-electron chi connectivity index (χ4n) is 1.38. The molecule has 1 aromatic rings. The van der Waals surface area contributed by atoms with E-state index in [-0.39, 0.29) is 0 Å². The van der Waals surface area contributed by atoms with E-state index in [1.165, 1.54) is 0 Å². The molecule has 0 aliphatic carbocycles. The van der Waals surface area contributed by atoms with Crippen molar-refractivity contribution in [2.45, 2.75) is 12.5 Å². The predicted molar refractivity (Wildman–Crippen MR) is 68.5 cm³/mol. The highest BCUT2D eigenvalue weighted by Crippen LogP contribution is 2.24. The number of hydrogen-bond donors (Lipinski definition) is 3. The molecule has 0 heterocycles. The van der Waals surface area contributed by atoms with Crippen molar-refractivity contribution in [2.75, 3.05) is 18.8 Å². The van der Waals surface area contributed by atoms with Crippen LogP contribution in [-0.4, -0.2) is 18.2 Å². The number of rotatable bonds is 6. The van der Waals surface area contributed by atoms with Crippen molar-refractivity contribution in [3.63, 3.8) is 0 Å². The van der Waals surface area contributed by atoms with Crippen molar-refractivity contribution in [1.82, 2.24) is 5.32 Å². The highest BCUT2D eigenvalue weighted by molar-refractivity contribution is 6.33. The molecule has 0 aliphatic heterocycles. The fraction of sp³-hybridized carbons (Fsp3) is 0.333. The first kappa shape index (κ1) is 13.0. The minimum absolute atomic E-state index is 0.497. The Labute approximate surface area is 101 Å². The number of nitrogens with one attached hydrogen (secondary N) is 1. The van der Waals surface area contributed by atoms with Gasteiger partial charge in [0.05, 0.1) is 16.8 Å². The van der Waals surface area contributed by atoms with Gasteiger partial charge in [0, 0.05) is 6.54 Å². The standard InChI is InChI=1S/C12H17ClN2O/c1-2-6-15-7-5-12(16)9-3-4-10(13)11(14)8-9/h2-4,8,12,15-16H,1,5-7,14H2. The lowest BCUT2D eigenvalue weighted by Crippen LogP contribution is -2.17. The molecule has 16 heavy (non-hydrogen) atoms. The number of benzene rings is 1. The summed E-state index contributed by atoms with van der Waals surface area (Å²) in [5.74, 6) is 0. The molecule has 3 nitrogen and oxygen atoms in total. The lowest BCUT2D eigenvalue weighted by molar-refractivity contribution is 0.167. The first-order chi connectivity index (χ1) is 7.65. The van der Waals surface area contributed by atoms with Gasteiger partial charge < -0.3 is 16.2 Å². The minimum Gasteiger partial charge on any atom is -0.398 e. The molecule has 1 unspecified atom stereocenters. The molecule has 1 rings (SSSR count). The summed E-state index contributed by atoms with van der Waals surface area (Å²) in [6.45, 7) is 5.08. The van der Waals surface area contributed by atoms with E-state index in [4.69, 9.17) is 17.3 Å². The van der Waals surface area contributed by atoms with E-state index in [9.17, 15) is 5.11 Å². The molecule has 1 atom stereocenters. The average molecular weight is 241 g/mol. The van der Waals surface area contributed by atoms with Gasteiger partial charge in [0.15, 0.2) is 0 Å². The topological polar surface area (TPSA) is 58.3 Å². The van der Waals surface area contributed by atoms with E-state index in [0.717, 1.165) is 18.7 Å². The summed E-state index contributed by atoms with van der Waals surface area (Å²) in [6, 6.07) is 5.20. The summed E-state index contributed by atoms with van der Waals surface area (Å²) in [5, 5.41) is 13.5. The van der Waals surface area contributed by atoms with Crippen LogP contribution in [0.25, 0.3) is 0 Å². The lowest BCUT2D eigenvalue weighted by atomic mass is 10.1. The number of anilines is 1. The first-order valence-electron chi connectivity index (χ1n) is 5.19. The van der Waals surface area contributed by atoms with Crippen LogP contribution in [0.15, 0.2) is 30.9 Å². The van der Waals surface area contributed by atoms with Crippen molar-refractivity contribution in [2.24, 2.45) is 0 Å². The number of halogens is 1. The molecule has 0 saturated heterocycles. The molecule has 0 amide bonds. The van der Waals surface area contributed by atoms with E-state index in [0.29, 0.717) is 17.1 Å². The van der Waals surface area contributed by atoms with Crippen molar-refractivity contribution >= 4 is 17.3 Å². The van der Waals surface area contributed by atoms with Crippen molar-refractivity contribution in [3.05, 3.63) is 41.4 Å². The van der Waals surface area contributed by atoms with Crippen LogP contribution in [0.3, 0.4) is 0 Å². The van der Waals surface area contributed by atoms with Crippen LogP contribution < -0.4 is 11.1 Å². The smallest absolute Gasteiger partial charge is 0.0802 e. The summed E-state index contributed by atoms with van der Waals surface area (Å²) < 4.78 is 0. The number of aliphatic hydroxyl groups excluding tert-OH is 1. The van der Waals surface area contributed by atoms with Crippen LogP contribution >= 0.6 is 11.6 Å². The summed E-state index contributed by atoms with van der Waals surface area (Å²) in [4.78, 5) is 0. The minimum atomic E-state index is -0.517. The Kier molecular flexibility index (Phi) is 5.32. The molecule has 0 aromatic heterocycles. The Morgan fingerprint density at radius 2 is 2.31 bits per heavy atom. The van der Waals surface area contributed by atoms with E-state index in [1.807, 2.05) is 0 Å². The molecule has 0 radical (unpaired) electrons. The maximum atomic E-state index is 9.87. The third-order valence-electron chi connectivity index (χ3n) is 2.29. The van der Waals surface area contributed by atoms with Crippen LogP contribution in [0.5, 0.6) is 0 Å². The van der Waals surface area contributed by atoms with Crippen LogP contribution in [0, 0.1) is 0 Å². The molecule has 0 saturated carbocycles. The zero-order valence-electron chi connectivity index (χ0n) is 9.12. The average Bonchev–Trinajstić information content (AvgIpc) is 2.28. The molecule has 1 aromatic carbocycles. The first-order valence-corrected chi connectivity index (χ1v) is 5.57. The van der Waals surface area contributed by atoms with Crippen LogP contribution in [-0.2, 0) is 0 Å². The van der Waals surface area contributed by atoms with Crippen molar-refractivity contribution in [1.29, 1.82) is 0 Å². The predicted octanol–water partition coefficient (Wildman–Crippen LogP) is 2.12. The second-order valence-electron chi connectivity index (χ2n) is 3.58. The van der Waals surface area contributed by atoms with Gasteiger partial charge in [0.1, 0.15) is 0 Å². The Bertz CT molecular complexity index is 355. The summed E-state index contributed by atoms with van der Waals surface area (Å²) in [7, 11) is 0. The second kappa shape index (κ2) is 6.53. The zero-order chi connectivity index (χ0) is 12.0. The van der Waals surface area contributed by atoms with Gasteiger partial charge in [-0.3, -0.25) is 0 Å². The van der Waals surface area contributed by atoms with E-state index >= 15 is 0 Å². The summed E-state index contributed by atoms with van der Waals surface area (Å²) >= 11 is 5.80. The highest BCUT2D eigenvalue weighted by Gasteiger charge is 2.08. The molecule has 0 bridgehead atoms. The van der Waals surface area contributed by atoms with Gasteiger partial charge in [-0.25, -0.2) is 0 Å². The highest BCUT2D eigenvalue weighted by atomic mass is 35.5. The number of nitrogens with two attached hydrogens (primary N) is 1. The Hall–Kier alpha value is -1.03. The van der Waals surface area contributed by atoms with Gasteiger partial charge >= 0.3 is 0 Å². The third kappa shape index (κ3) is 3.85. The maximum absolute atomic E-state index is 9.87. The van der Waals surface area contributed by atoms with Crippen molar-refractivity contribution < 1.29 is 5.11 Å². The Morgan fingerprint density at radius 3 is 2.94 bits per heavy atom. The monoisotopic (exact) mass is 240 g/mol. The van der Waals surface area contributed by atoms with Crippen LogP contribution in [0.4, 0.5) is 5.69 Å². The van der Waals surface area contributed by atoms with Crippen LogP contribution in [0.2, 0.25) is 5.02 Å². The number of aliphatic hydroxyl groups is 1. The maximum Gasteiger partial charge on any atom is 0.0802 e. The largest absolute Gasteiger partial charge is 0.398 e. The van der Waals surface area contributed by atoms with E-state index in [1.54, 1.807) is 24.3 Å². The molecule has 4 heteroatoms. The van der Waals surface area contributed by atoms with Gasteiger partial charge in [0.2, 0.25) is 0 Å². The number of nitrogen functional groups attached to an aromatic ring is 1. The van der Waals surface area contributed by atoms with E-state index in [2.05, 4.69) is 11.9 Å². The third-order valence-corrected chi connectivity index (χ3v) is 2.63. The molecule has 0 spiro atoms. The van der Waals surface area contributed by atoms with E-state index < -0.39 is 6.10 Å². The van der Waals surface area contributed by atoms with Gasteiger partial charge in [0.25, 0.3) is 0 Å². The molecular formula is C12H17ClN2O. The fourth-order valence-corrected chi connectivity index (χ4v) is 1.50. The normalized spacial score (nSPS) is 12.4. The summed E-state index contributed by atoms with van der Waals surface area (Å²) in [6.07, 6.45) is 1.90. The van der Waals surface area contributed by atoms with Crippen molar-refractivity contribution in [3.8, 4) is 0 Å². The van der Waals surface area contributed by atoms with Crippen LogP contribution in [0.1, 0.15) is 18.1 Å². The molecule has 0 aliphatic rings. The quantitative estimate of drug-likeness (QED) is 0.406. The lowest BCUT2D eigenvalue weighted by Gasteiger charge is -2.12. The van der Waals surface area contributed by atoms with Gasteiger partial charge in [-0.1, -0.05) is 23.7 Å². The van der Waals surface area contributed by atoms with Gasteiger partial charge in [-0.15, -0.1) is 6.58 Å². The van der Waals surface area contributed by atoms with Gasteiger partial charge in [-0.05, 0) is 30.7 Å². The molecule has 4 N–H and O–H groups in total. The molecule has 88 valence electrons. The zero-order valence-corrected chi connectivity index (χ0v) is 9.87. The molecule has 0 fully saturated rings. The summed E-state index contributed by atoms with van der Waals surface area (Å²) in [5.41, 5.74) is 6.95. The second-order valence-corrected chi connectivity index (χ2v) is 3.99. The van der Waals surface area contributed by atoms with Gasteiger partial charge in [-0.2, -0.15) is 0 Å². The SMILES string of the molecule is C=CCNCCC(O)c1ccc(Cl)c(N)c1. The molecular weight excluding hydrogens is 224 g/mol. The Balaban J connectivity index is 2.49. The Morgan fingerprint density at radius 1 is 1.56 bits per heavy atom. The number of hydrogen-bond acceptors (Lipinski definition) is 3.